The first-order valence-electron chi connectivity index (χ1n) is 4.70. The van der Waals surface area contributed by atoms with Gasteiger partial charge in [-0.25, -0.2) is 0 Å². The van der Waals surface area contributed by atoms with Gasteiger partial charge in [0.1, 0.15) is 0 Å². The van der Waals surface area contributed by atoms with Crippen molar-refractivity contribution in [3.8, 4) is 0 Å². The molecule has 4 nitrogen and oxygen atoms in total. The van der Waals surface area contributed by atoms with Gasteiger partial charge in [-0.1, -0.05) is 30.3 Å². The highest BCUT2D eigenvalue weighted by Crippen LogP contribution is 2.16. The first kappa shape index (κ1) is 11.7. The number of ether oxygens (including phenoxy) is 1. The summed E-state index contributed by atoms with van der Waals surface area (Å²) < 4.78 is 4.48. The molecule has 0 amide bonds. The molecule has 0 spiro atoms. The van der Waals surface area contributed by atoms with Crippen LogP contribution in [0.25, 0.3) is 0 Å². The minimum Gasteiger partial charge on any atom is -0.469 e. The second-order valence-electron chi connectivity index (χ2n) is 3.30. The summed E-state index contributed by atoms with van der Waals surface area (Å²) in [4.78, 5) is 10.9. The summed E-state index contributed by atoms with van der Waals surface area (Å²) in [6, 6.07) is 8.36. The van der Waals surface area contributed by atoms with Crippen LogP contribution in [0, 0.1) is 0 Å². The zero-order valence-corrected chi connectivity index (χ0v) is 8.59. The van der Waals surface area contributed by atoms with E-state index in [0.717, 1.165) is 0 Å². The summed E-state index contributed by atoms with van der Waals surface area (Å²) in [5.74, 6) is -0.419. The highest BCUT2D eigenvalue weighted by Gasteiger charge is 2.19. The third kappa shape index (κ3) is 3.34. The molecule has 0 saturated carbocycles. The number of aliphatic hydroxyl groups is 1. The Bertz CT molecular complexity index is 313. The smallest absolute Gasteiger partial charge is 0.307 e. The fraction of sp³-hybridized carbons (Fsp3) is 0.364. The lowest BCUT2D eigenvalue weighted by molar-refractivity contribution is -0.141. The van der Waals surface area contributed by atoms with Gasteiger partial charge in [-0.3, -0.25) is 4.79 Å². The third-order valence-corrected chi connectivity index (χ3v) is 2.18. The zero-order chi connectivity index (χ0) is 11.3. The first-order valence-corrected chi connectivity index (χ1v) is 4.70. The Balaban J connectivity index is 2.61. The van der Waals surface area contributed by atoms with Gasteiger partial charge >= 0.3 is 5.97 Å². The summed E-state index contributed by atoms with van der Waals surface area (Å²) in [7, 11) is 1.30. The highest BCUT2D eigenvalue weighted by molar-refractivity contribution is 5.70. The van der Waals surface area contributed by atoms with E-state index in [4.69, 9.17) is 5.73 Å². The molecule has 0 radical (unpaired) electrons. The number of hydrogen-bond donors (Lipinski definition) is 2. The van der Waals surface area contributed by atoms with E-state index in [-0.39, 0.29) is 6.42 Å². The number of benzene rings is 1. The minimum absolute atomic E-state index is 0.00651. The molecule has 15 heavy (non-hydrogen) atoms. The standard InChI is InChI=1S/C11H15NO3/c1-15-10(13)7-9(12)11(14)8-5-3-2-4-6-8/h2-6,9,11,14H,7,12H2,1H3/t9-,11-/m1/s1. The van der Waals surface area contributed by atoms with Crippen molar-refractivity contribution in [3.63, 3.8) is 0 Å². The molecule has 0 unspecified atom stereocenters. The lowest BCUT2D eigenvalue weighted by atomic mass is 10.0. The Labute approximate surface area is 88.7 Å². The van der Waals surface area contributed by atoms with Crippen LogP contribution in [0.3, 0.4) is 0 Å². The Morgan fingerprint density at radius 1 is 1.47 bits per heavy atom. The van der Waals surface area contributed by atoms with Gasteiger partial charge in [0.2, 0.25) is 0 Å². The summed E-state index contributed by atoms with van der Waals surface area (Å²) in [6.07, 6.45) is -0.836. The molecule has 82 valence electrons. The van der Waals surface area contributed by atoms with Crippen LogP contribution in [0.5, 0.6) is 0 Å². The van der Waals surface area contributed by atoms with Crippen LogP contribution >= 0.6 is 0 Å². The lowest BCUT2D eigenvalue weighted by Crippen LogP contribution is -2.31. The number of carbonyl (C=O) groups is 1. The molecule has 0 bridgehead atoms. The van der Waals surface area contributed by atoms with Crippen molar-refractivity contribution in [1.29, 1.82) is 0 Å². The Kier molecular flexibility index (Phi) is 4.27. The van der Waals surface area contributed by atoms with E-state index in [0.29, 0.717) is 5.56 Å². The molecule has 0 aliphatic rings. The largest absolute Gasteiger partial charge is 0.469 e. The maximum Gasteiger partial charge on any atom is 0.307 e. The summed E-state index contributed by atoms with van der Waals surface area (Å²) in [6.45, 7) is 0. The Hall–Kier alpha value is -1.39. The average Bonchev–Trinajstić information content (AvgIpc) is 2.29. The number of methoxy groups -OCH3 is 1. The number of carbonyl (C=O) groups excluding carboxylic acids is 1. The van der Waals surface area contributed by atoms with Crippen LogP contribution < -0.4 is 5.73 Å². The Morgan fingerprint density at radius 2 is 2.07 bits per heavy atom. The molecule has 3 N–H and O–H groups in total. The highest BCUT2D eigenvalue weighted by atomic mass is 16.5. The predicted octanol–water partition coefficient (Wildman–Crippen LogP) is 0.610. The van der Waals surface area contributed by atoms with Crippen molar-refractivity contribution in [2.45, 2.75) is 18.6 Å². The second kappa shape index (κ2) is 5.48. The van der Waals surface area contributed by atoms with Crippen LogP contribution in [0.4, 0.5) is 0 Å². The quantitative estimate of drug-likeness (QED) is 0.713. The number of hydrogen-bond acceptors (Lipinski definition) is 4. The van der Waals surface area contributed by atoms with Crippen LogP contribution in [-0.4, -0.2) is 24.2 Å². The van der Waals surface area contributed by atoms with E-state index in [1.165, 1.54) is 7.11 Å². The minimum atomic E-state index is -0.842. The maximum atomic E-state index is 10.9. The predicted molar refractivity (Wildman–Crippen MR) is 56.0 cm³/mol. The summed E-state index contributed by atoms with van der Waals surface area (Å²) in [5, 5.41) is 9.80. The molecule has 0 heterocycles. The van der Waals surface area contributed by atoms with Gasteiger partial charge in [0.15, 0.2) is 0 Å². The Morgan fingerprint density at radius 3 is 2.60 bits per heavy atom. The maximum absolute atomic E-state index is 10.9. The number of aliphatic hydroxyl groups excluding tert-OH is 1. The van der Waals surface area contributed by atoms with Gasteiger partial charge in [0.05, 0.1) is 19.6 Å². The van der Waals surface area contributed by atoms with E-state index >= 15 is 0 Å². The lowest BCUT2D eigenvalue weighted by Gasteiger charge is -2.17. The van der Waals surface area contributed by atoms with Crippen LogP contribution in [0.1, 0.15) is 18.1 Å². The molecule has 1 rings (SSSR count). The topological polar surface area (TPSA) is 72.5 Å². The van der Waals surface area contributed by atoms with Crippen LogP contribution in [0.2, 0.25) is 0 Å². The monoisotopic (exact) mass is 209 g/mol. The van der Waals surface area contributed by atoms with Gasteiger partial charge < -0.3 is 15.6 Å². The SMILES string of the molecule is COC(=O)C[C@@H](N)[C@H](O)c1ccccc1. The molecular weight excluding hydrogens is 194 g/mol. The molecule has 0 aromatic heterocycles. The normalized spacial score (nSPS) is 14.3. The van der Waals surface area contributed by atoms with Crippen molar-refractivity contribution in [3.05, 3.63) is 35.9 Å². The molecule has 1 aromatic carbocycles. The van der Waals surface area contributed by atoms with Crippen LogP contribution in [0.15, 0.2) is 30.3 Å². The second-order valence-corrected chi connectivity index (χ2v) is 3.30. The van der Waals surface area contributed by atoms with Crippen molar-refractivity contribution in [2.75, 3.05) is 7.11 Å². The fourth-order valence-corrected chi connectivity index (χ4v) is 1.28. The summed E-state index contributed by atoms with van der Waals surface area (Å²) >= 11 is 0. The molecule has 4 heteroatoms. The van der Waals surface area contributed by atoms with E-state index in [1.807, 2.05) is 18.2 Å². The molecule has 0 aliphatic carbocycles. The number of nitrogens with two attached hydrogens (primary N) is 1. The van der Waals surface area contributed by atoms with Crippen molar-refractivity contribution < 1.29 is 14.6 Å². The van der Waals surface area contributed by atoms with E-state index < -0.39 is 18.1 Å². The van der Waals surface area contributed by atoms with Gasteiger partial charge in [-0.15, -0.1) is 0 Å². The average molecular weight is 209 g/mol. The molecule has 0 fully saturated rings. The van der Waals surface area contributed by atoms with Crippen molar-refractivity contribution in [1.82, 2.24) is 0 Å². The van der Waals surface area contributed by atoms with Gasteiger partial charge in [-0.2, -0.15) is 0 Å². The fourth-order valence-electron chi connectivity index (χ4n) is 1.28. The number of esters is 1. The molecular formula is C11H15NO3. The van der Waals surface area contributed by atoms with Gasteiger partial charge in [0.25, 0.3) is 0 Å². The van der Waals surface area contributed by atoms with E-state index in [2.05, 4.69) is 4.74 Å². The number of rotatable bonds is 4. The van der Waals surface area contributed by atoms with Gasteiger partial charge in [-0.05, 0) is 5.56 Å². The third-order valence-electron chi connectivity index (χ3n) is 2.18. The van der Waals surface area contributed by atoms with E-state index in [1.54, 1.807) is 12.1 Å². The van der Waals surface area contributed by atoms with E-state index in [9.17, 15) is 9.90 Å². The van der Waals surface area contributed by atoms with Gasteiger partial charge in [0, 0.05) is 6.04 Å². The van der Waals surface area contributed by atoms with Crippen molar-refractivity contribution >= 4 is 5.97 Å². The van der Waals surface area contributed by atoms with Crippen LogP contribution in [-0.2, 0) is 9.53 Å². The molecule has 2 atom stereocenters. The first-order chi connectivity index (χ1) is 7.15. The molecule has 1 aromatic rings. The molecule has 0 aliphatic heterocycles. The zero-order valence-electron chi connectivity index (χ0n) is 8.59. The van der Waals surface area contributed by atoms with Crippen molar-refractivity contribution in [2.24, 2.45) is 5.73 Å². The molecule has 0 saturated heterocycles. The summed E-state index contributed by atoms with van der Waals surface area (Å²) in [5.41, 5.74) is 6.38.